The zero-order chi connectivity index (χ0) is 19.7. The molecule has 1 aliphatic rings. The summed E-state index contributed by atoms with van der Waals surface area (Å²) in [6, 6.07) is 19.1. The van der Waals surface area contributed by atoms with E-state index >= 15 is 0 Å². The molecule has 0 unspecified atom stereocenters. The fourth-order valence-corrected chi connectivity index (χ4v) is 3.17. The highest BCUT2D eigenvalue weighted by molar-refractivity contribution is 6.09. The quantitative estimate of drug-likeness (QED) is 0.535. The SMILES string of the molecule is Cc1cccc(/C=C2/Oc3cc(N)ccc3N(Cc3ccc(F)cc3)C2=O)c1. The first kappa shape index (κ1) is 17.8. The molecule has 5 heteroatoms. The second kappa shape index (κ2) is 7.19. The Balaban J connectivity index is 1.75. The second-order valence-corrected chi connectivity index (χ2v) is 6.77. The van der Waals surface area contributed by atoms with Crippen LogP contribution in [0.4, 0.5) is 15.8 Å². The van der Waals surface area contributed by atoms with E-state index in [1.807, 2.05) is 31.2 Å². The van der Waals surface area contributed by atoms with E-state index in [0.29, 0.717) is 23.7 Å². The maximum Gasteiger partial charge on any atom is 0.294 e. The van der Waals surface area contributed by atoms with Crippen molar-refractivity contribution in [3.8, 4) is 5.75 Å². The summed E-state index contributed by atoms with van der Waals surface area (Å²) < 4.78 is 19.1. The summed E-state index contributed by atoms with van der Waals surface area (Å²) in [7, 11) is 0. The first-order valence-corrected chi connectivity index (χ1v) is 8.92. The van der Waals surface area contributed by atoms with Crippen molar-refractivity contribution in [1.29, 1.82) is 0 Å². The average molecular weight is 374 g/mol. The Morgan fingerprint density at radius 2 is 1.86 bits per heavy atom. The molecule has 0 aliphatic carbocycles. The topological polar surface area (TPSA) is 55.6 Å². The highest BCUT2D eigenvalue weighted by Gasteiger charge is 2.30. The van der Waals surface area contributed by atoms with Crippen molar-refractivity contribution < 1.29 is 13.9 Å². The van der Waals surface area contributed by atoms with Gasteiger partial charge in [0.1, 0.15) is 5.82 Å². The molecule has 140 valence electrons. The lowest BCUT2D eigenvalue weighted by Crippen LogP contribution is -2.36. The Morgan fingerprint density at radius 3 is 2.61 bits per heavy atom. The van der Waals surface area contributed by atoms with Gasteiger partial charge in [-0.2, -0.15) is 0 Å². The van der Waals surface area contributed by atoms with E-state index in [4.69, 9.17) is 10.5 Å². The van der Waals surface area contributed by atoms with Crippen LogP contribution in [0.5, 0.6) is 5.75 Å². The number of hydrogen-bond donors (Lipinski definition) is 1. The van der Waals surface area contributed by atoms with Crippen molar-refractivity contribution in [2.45, 2.75) is 13.5 Å². The summed E-state index contributed by atoms with van der Waals surface area (Å²) in [5.74, 6) is 0.153. The summed E-state index contributed by atoms with van der Waals surface area (Å²) in [5, 5.41) is 0. The van der Waals surface area contributed by atoms with Gasteiger partial charge in [-0.25, -0.2) is 4.39 Å². The molecule has 2 N–H and O–H groups in total. The third kappa shape index (κ3) is 3.60. The Bertz CT molecular complexity index is 1070. The number of amides is 1. The molecule has 0 aromatic heterocycles. The van der Waals surface area contributed by atoms with Crippen LogP contribution < -0.4 is 15.4 Å². The van der Waals surface area contributed by atoms with E-state index in [1.54, 1.807) is 41.3 Å². The van der Waals surface area contributed by atoms with E-state index < -0.39 is 0 Å². The lowest BCUT2D eigenvalue weighted by molar-refractivity contribution is -0.117. The van der Waals surface area contributed by atoms with Gasteiger partial charge >= 0.3 is 0 Å². The highest BCUT2D eigenvalue weighted by Crippen LogP contribution is 2.38. The van der Waals surface area contributed by atoms with Crippen molar-refractivity contribution in [2.24, 2.45) is 0 Å². The van der Waals surface area contributed by atoms with Gasteiger partial charge in [-0.05, 0) is 48.4 Å². The molecular formula is C23H19FN2O2. The van der Waals surface area contributed by atoms with Gasteiger partial charge in [0.05, 0.1) is 12.2 Å². The third-order valence-corrected chi connectivity index (χ3v) is 4.54. The second-order valence-electron chi connectivity index (χ2n) is 6.77. The van der Waals surface area contributed by atoms with Gasteiger partial charge in [-0.1, -0.05) is 42.0 Å². The number of aryl methyl sites for hydroxylation is 1. The van der Waals surface area contributed by atoms with E-state index in [9.17, 15) is 9.18 Å². The molecule has 0 bridgehead atoms. The fourth-order valence-electron chi connectivity index (χ4n) is 3.17. The standard InChI is InChI=1S/C23H19FN2O2/c1-15-3-2-4-17(11-15)12-22-23(27)26(14-16-5-7-18(24)8-6-16)20-10-9-19(25)13-21(20)28-22/h2-13H,14,25H2,1H3/b22-12+. The molecule has 4 rings (SSSR count). The van der Waals surface area contributed by atoms with Gasteiger partial charge in [-0.15, -0.1) is 0 Å². The number of nitrogens with two attached hydrogens (primary N) is 1. The minimum absolute atomic E-state index is 0.214. The van der Waals surface area contributed by atoms with Crippen LogP contribution in [-0.2, 0) is 11.3 Å². The van der Waals surface area contributed by atoms with Crippen LogP contribution in [0, 0.1) is 12.7 Å². The summed E-state index contributed by atoms with van der Waals surface area (Å²) in [5.41, 5.74) is 9.86. The number of ether oxygens (including phenoxy) is 1. The number of anilines is 2. The molecule has 0 fully saturated rings. The number of nitrogen functional groups attached to an aromatic ring is 1. The molecule has 1 aliphatic heterocycles. The molecule has 0 spiro atoms. The molecule has 1 amide bonds. The summed E-state index contributed by atoms with van der Waals surface area (Å²) in [4.78, 5) is 14.8. The predicted octanol–water partition coefficient (Wildman–Crippen LogP) is 4.68. The smallest absolute Gasteiger partial charge is 0.294 e. The lowest BCUT2D eigenvalue weighted by Gasteiger charge is -2.31. The maximum absolute atomic E-state index is 13.2. The van der Waals surface area contributed by atoms with Gasteiger partial charge in [0.25, 0.3) is 5.91 Å². The fraction of sp³-hybridized carbons (Fsp3) is 0.0870. The summed E-state index contributed by atoms with van der Waals surface area (Å²) in [6.07, 6.45) is 1.72. The third-order valence-electron chi connectivity index (χ3n) is 4.54. The minimum Gasteiger partial charge on any atom is -0.449 e. The van der Waals surface area contributed by atoms with Crippen molar-refractivity contribution in [3.63, 3.8) is 0 Å². The predicted molar refractivity (Wildman–Crippen MR) is 108 cm³/mol. The van der Waals surface area contributed by atoms with Gasteiger partial charge in [0.2, 0.25) is 0 Å². The zero-order valence-electron chi connectivity index (χ0n) is 15.4. The molecule has 0 radical (unpaired) electrons. The highest BCUT2D eigenvalue weighted by atomic mass is 19.1. The first-order valence-electron chi connectivity index (χ1n) is 8.92. The Morgan fingerprint density at radius 1 is 1.07 bits per heavy atom. The van der Waals surface area contributed by atoms with E-state index in [-0.39, 0.29) is 17.5 Å². The Kier molecular flexibility index (Phi) is 4.57. The number of carbonyl (C=O) groups excluding carboxylic acids is 1. The molecule has 1 heterocycles. The molecule has 4 nitrogen and oxygen atoms in total. The van der Waals surface area contributed by atoms with Crippen molar-refractivity contribution in [1.82, 2.24) is 0 Å². The molecule has 0 atom stereocenters. The van der Waals surface area contributed by atoms with Crippen LogP contribution >= 0.6 is 0 Å². The van der Waals surface area contributed by atoms with Crippen LogP contribution in [0.25, 0.3) is 6.08 Å². The molecular weight excluding hydrogens is 355 g/mol. The van der Waals surface area contributed by atoms with E-state index in [2.05, 4.69) is 0 Å². The number of benzene rings is 3. The molecule has 0 saturated heterocycles. The minimum atomic E-state index is -0.315. The van der Waals surface area contributed by atoms with Gasteiger partial charge in [0, 0.05) is 11.8 Å². The first-order chi connectivity index (χ1) is 13.5. The molecule has 3 aromatic rings. The van der Waals surface area contributed by atoms with E-state index in [1.165, 1.54) is 12.1 Å². The summed E-state index contributed by atoms with van der Waals surface area (Å²) in [6.45, 7) is 2.28. The normalized spacial score (nSPS) is 14.7. The van der Waals surface area contributed by atoms with Gasteiger partial charge < -0.3 is 10.5 Å². The van der Waals surface area contributed by atoms with Crippen molar-refractivity contribution in [2.75, 3.05) is 10.6 Å². The lowest BCUT2D eigenvalue weighted by atomic mass is 10.1. The van der Waals surface area contributed by atoms with Gasteiger partial charge in [0.15, 0.2) is 11.5 Å². The Labute approximate surface area is 162 Å². The molecule has 3 aromatic carbocycles. The van der Waals surface area contributed by atoms with Crippen LogP contribution in [-0.4, -0.2) is 5.91 Å². The van der Waals surface area contributed by atoms with Crippen LogP contribution in [0.15, 0.2) is 72.5 Å². The van der Waals surface area contributed by atoms with Gasteiger partial charge in [-0.3, -0.25) is 9.69 Å². The van der Waals surface area contributed by atoms with Crippen molar-refractivity contribution >= 4 is 23.4 Å². The van der Waals surface area contributed by atoms with Crippen LogP contribution in [0.2, 0.25) is 0 Å². The number of nitrogens with zero attached hydrogens (tertiary/aromatic N) is 1. The van der Waals surface area contributed by atoms with Crippen LogP contribution in [0.3, 0.4) is 0 Å². The number of halogens is 1. The largest absolute Gasteiger partial charge is 0.449 e. The monoisotopic (exact) mass is 374 g/mol. The maximum atomic E-state index is 13.2. The van der Waals surface area contributed by atoms with Crippen LogP contribution in [0.1, 0.15) is 16.7 Å². The number of carbonyl (C=O) groups is 1. The summed E-state index contributed by atoms with van der Waals surface area (Å²) >= 11 is 0. The number of rotatable bonds is 3. The number of fused-ring (bicyclic) bond motifs is 1. The molecule has 0 saturated carbocycles. The Hall–Kier alpha value is -3.60. The van der Waals surface area contributed by atoms with E-state index in [0.717, 1.165) is 16.7 Å². The average Bonchev–Trinajstić information content (AvgIpc) is 2.66. The zero-order valence-corrected chi connectivity index (χ0v) is 15.4. The molecule has 28 heavy (non-hydrogen) atoms. The van der Waals surface area contributed by atoms with Crippen molar-refractivity contribution in [3.05, 3.63) is 95.0 Å². The number of hydrogen-bond acceptors (Lipinski definition) is 3.